The fraction of sp³-hybridized carbons (Fsp3) is 0. The standard InChI is InChI=1S/C9H8N6O2/c16-8-7(14-15-9(17)12-8)13-11-5-6-1-3-10-4-2-6/h1-5H,(H,13,14)(H2,12,15,16,17). The number of aromatic amines is 2. The van der Waals surface area contributed by atoms with Gasteiger partial charge in [0.15, 0.2) is 0 Å². The highest BCUT2D eigenvalue weighted by molar-refractivity contribution is 5.79. The summed E-state index contributed by atoms with van der Waals surface area (Å²) < 4.78 is 0. The van der Waals surface area contributed by atoms with E-state index >= 15 is 0 Å². The molecule has 0 aliphatic carbocycles. The first-order valence-electron chi connectivity index (χ1n) is 4.64. The molecular formula is C9H8N6O2. The quantitative estimate of drug-likeness (QED) is 0.478. The first-order valence-corrected chi connectivity index (χ1v) is 4.64. The molecule has 0 fully saturated rings. The summed E-state index contributed by atoms with van der Waals surface area (Å²) in [6, 6.07) is 3.49. The Labute approximate surface area is 94.4 Å². The number of hydrogen-bond acceptors (Lipinski definition) is 6. The van der Waals surface area contributed by atoms with Gasteiger partial charge in [-0.25, -0.2) is 9.89 Å². The number of nitrogens with one attached hydrogen (secondary N) is 3. The van der Waals surface area contributed by atoms with Crippen molar-refractivity contribution in [3.63, 3.8) is 0 Å². The number of nitrogens with zero attached hydrogens (tertiary/aromatic N) is 3. The van der Waals surface area contributed by atoms with Crippen LogP contribution in [-0.2, 0) is 0 Å². The van der Waals surface area contributed by atoms with E-state index in [1.807, 2.05) is 4.98 Å². The second-order valence-corrected chi connectivity index (χ2v) is 3.01. The van der Waals surface area contributed by atoms with E-state index in [0.29, 0.717) is 0 Å². The van der Waals surface area contributed by atoms with E-state index < -0.39 is 11.2 Å². The Morgan fingerprint density at radius 2 is 2.06 bits per heavy atom. The monoisotopic (exact) mass is 232 g/mol. The van der Waals surface area contributed by atoms with Crippen molar-refractivity contribution >= 4 is 12.0 Å². The second kappa shape index (κ2) is 4.84. The topological polar surface area (TPSA) is 116 Å². The SMILES string of the molecule is O=c1[nH]nc(NN=Cc2ccncc2)c(=O)[nH]1. The average molecular weight is 232 g/mol. The Kier molecular flexibility index (Phi) is 3.05. The van der Waals surface area contributed by atoms with Gasteiger partial charge >= 0.3 is 5.69 Å². The van der Waals surface area contributed by atoms with Crippen molar-refractivity contribution in [3.8, 4) is 0 Å². The van der Waals surface area contributed by atoms with Crippen molar-refractivity contribution < 1.29 is 0 Å². The third-order valence-electron chi connectivity index (χ3n) is 1.80. The Balaban J connectivity index is 2.10. The van der Waals surface area contributed by atoms with Gasteiger partial charge < -0.3 is 0 Å². The molecule has 2 heterocycles. The minimum atomic E-state index is -0.668. The molecule has 3 N–H and O–H groups in total. The van der Waals surface area contributed by atoms with Gasteiger partial charge in [-0.15, -0.1) is 5.10 Å². The van der Waals surface area contributed by atoms with Gasteiger partial charge in [0.1, 0.15) is 0 Å². The number of hydrazone groups is 1. The first-order chi connectivity index (χ1) is 8.25. The Bertz CT molecular complexity index is 630. The van der Waals surface area contributed by atoms with Crippen LogP contribution in [0.1, 0.15) is 5.56 Å². The first kappa shape index (κ1) is 10.7. The summed E-state index contributed by atoms with van der Waals surface area (Å²) in [5.74, 6) is -0.0880. The van der Waals surface area contributed by atoms with Crippen molar-refractivity contribution in [1.82, 2.24) is 20.2 Å². The lowest BCUT2D eigenvalue weighted by atomic mass is 10.3. The van der Waals surface area contributed by atoms with Gasteiger partial charge in [-0.3, -0.25) is 20.2 Å². The van der Waals surface area contributed by atoms with Crippen LogP contribution in [0.25, 0.3) is 0 Å². The van der Waals surface area contributed by atoms with Crippen LogP contribution in [0.4, 0.5) is 5.82 Å². The van der Waals surface area contributed by atoms with E-state index in [0.717, 1.165) is 5.56 Å². The van der Waals surface area contributed by atoms with E-state index in [1.165, 1.54) is 6.21 Å². The highest BCUT2D eigenvalue weighted by atomic mass is 16.2. The Hall–Kier alpha value is -2.77. The van der Waals surface area contributed by atoms with Crippen molar-refractivity contribution in [3.05, 3.63) is 50.9 Å². The smallest absolute Gasteiger partial charge is 0.270 e. The van der Waals surface area contributed by atoms with Gasteiger partial charge in [0.25, 0.3) is 5.56 Å². The third kappa shape index (κ3) is 2.84. The van der Waals surface area contributed by atoms with Gasteiger partial charge in [-0.1, -0.05) is 0 Å². The maximum atomic E-state index is 11.2. The molecule has 0 aliphatic rings. The Morgan fingerprint density at radius 1 is 1.29 bits per heavy atom. The van der Waals surface area contributed by atoms with Gasteiger partial charge in [0, 0.05) is 12.4 Å². The molecule has 0 saturated carbocycles. The lowest BCUT2D eigenvalue weighted by Crippen LogP contribution is -2.25. The summed E-state index contributed by atoms with van der Waals surface area (Å²) in [7, 11) is 0. The summed E-state index contributed by atoms with van der Waals surface area (Å²) in [5, 5.41) is 9.37. The van der Waals surface area contributed by atoms with E-state index in [-0.39, 0.29) is 5.82 Å². The predicted octanol–water partition coefficient (Wildman–Crippen LogP) is -0.701. The number of pyridine rings is 1. The molecule has 0 radical (unpaired) electrons. The number of rotatable bonds is 3. The molecule has 2 rings (SSSR count). The van der Waals surface area contributed by atoms with Gasteiger partial charge in [-0.2, -0.15) is 5.10 Å². The molecule has 0 aromatic carbocycles. The maximum absolute atomic E-state index is 11.2. The van der Waals surface area contributed by atoms with Crippen molar-refractivity contribution in [2.45, 2.75) is 0 Å². The molecule has 2 aromatic rings. The lowest BCUT2D eigenvalue weighted by Gasteiger charge is -1.95. The maximum Gasteiger partial charge on any atom is 0.342 e. The molecule has 8 heteroatoms. The Morgan fingerprint density at radius 3 is 2.76 bits per heavy atom. The molecule has 0 aliphatic heterocycles. The molecule has 8 nitrogen and oxygen atoms in total. The number of H-pyrrole nitrogens is 2. The van der Waals surface area contributed by atoms with Gasteiger partial charge in [0.2, 0.25) is 5.82 Å². The molecule has 86 valence electrons. The summed E-state index contributed by atoms with van der Waals surface area (Å²) in [5.41, 5.74) is 1.92. The molecular weight excluding hydrogens is 224 g/mol. The van der Waals surface area contributed by atoms with Crippen LogP contribution in [0.15, 0.2) is 39.2 Å². The molecule has 0 amide bonds. The molecule has 0 bridgehead atoms. The zero-order valence-electron chi connectivity index (χ0n) is 8.54. The normalized spacial score (nSPS) is 10.6. The van der Waals surface area contributed by atoms with Crippen LogP contribution in [-0.4, -0.2) is 26.4 Å². The largest absolute Gasteiger partial charge is 0.342 e. The molecule has 0 spiro atoms. The van der Waals surface area contributed by atoms with Crippen LogP contribution in [0, 0.1) is 0 Å². The summed E-state index contributed by atoms with van der Waals surface area (Å²) >= 11 is 0. The summed E-state index contributed by atoms with van der Waals surface area (Å²) in [6.07, 6.45) is 4.73. The average Bonchev–Trinajstić information content (AvgIpc) is 2.33. The number of anilines is 1. The van der Waals surface area contributed by atoms with Crippen LogP contribution < -0.4 is 16.7 Å². The summed E-state index contributed by atoms with van der Waals surface area (Å²) in [4.78, 5) is 27.7. The highest BCUT2D eigenvalue weighted by Gasteiger charge is 1.98. The van der Waals surface area contributed by atoms with Crippen molar-refractivity contribution in [2.24, 2.45) is 5.10 Å². The fourth-order valence-corrected chi connectivity index (χ4v) is 1.04. The zero-order valence-corrected chi connectivity index (χ0v) is 8.54. The molecule has 0 atom stereocenters. The zero-order chi connectivity index (χ0) is 12.1. The predicted molar refractivity (Wildman–Crippen MR) is 60.9 cm³/mol. The minimum Gasteiger partial charge on any atom is -0.270 e. The fourth-order valence-electron chi connectivity index (χ4n) is 1.04. The molecule has 0 saturated heterocycles. The third-order valence-corrected chi connectivity index (χ3v) is 1.80. The summed E-state index contributed by atoms with van der Waals surface area (Å²) in [6.45, 7) is 0. The van der Waals surface area contributed by atoms with E-state index in [9.17, 15) is 9.59 Å². The lowest BCUT2D eigenvalue weighted by molar-refractivity contribution is 0.890. The van der Waals surface area contributed by atoms with Crippen LogP contribution >= 0.6 is 0 Å². The number of aromatic nitrogens is 4. The second-order valence-electron chi connectivity index (χ2n) is 3.01. The van der Waals surface area contributed by atoms with Gasteiger partial charge in [0.05, 0.1) is 6.21 Å². The van der Waals surface area contributed by atoms with E-state index in [1.54, 1.807) is 24.5 Å². The molecule has 0 unspecified atom stereocenters. The number of hydrogen-bond donors (Lipinski definition) is 3. The molecule has 17 heavy (non-hydrogen) atoms. The van der Waals surface area contributed by atoms with Crippen molar-refractivity contribution in [1.29, 1.82) is 0 Å². The van der Waals surface area contributed by atoms with Crippen LogP contribution in [0.5, 0.6) is 0 Å². The van der Waals surface area contributed by atoms with E-state index in [4.69, 9.17) is 0 Å². The van der Waals surface area contributed by atoms with Crippen molar-refractivity contribution in [2.75, 3.05) is 5.43 Å². The minimum absolute atomic E-state index is 0.0880. The van der Waals surface area contributed by atoms with E-state index in [2.05, 4.69) is 25.7 Å². The molecule has 2 aromatic heterocycles. The van der Waals surface area contributed by atoms with Crippen LogP contribution in [0.2, 0.25) is 0 Å². The highest BCUT2D eigenvalue weighted by Crippen LogP contribution is 1.92. The van der Waals surface area contributed by atoms with Crippen LogP contribution in [0.3, 0.4) is 0 Å². The van der Waals surface area contributed by atoms with Gasteiger partial charge in [-0.05, 0) is 17.7 Å².